The van der Waals surface area contributed by atoms with Gasteiger partial charge in [0.05, 0.1) is 16.6 Å². The molecule has 1 aromatic carbocycles. The van der Waals surface area contributed by atoms with Crippen LogP contribution in [0.15, 0.2) is 18.2 Å². The second-order valence-electron chi connectivity index (χ2n) is 6.49. The highest BCUT2D eigenvalue weighted by Gasteiger charge is 2.38. The van der Waals surface area contributed by atoms with Crippen molar-refractivity contribution in [3.05, 3.63) is 23.8 Å². The molecule has 2 aromatic rings. The van der Waals surface area contributed by atoms with E-state index in [2.05, 4.69) is 10.3 Å². The summed E-state index contributed by atoms with van der Waals surface area (Å²) in [6.07, 6.45) is 3.95. The van der Waals surface area contributed by atoms with Gasteiger partial charge in [0.25, 0.3) is 0 Å². The van der Waals surface area contributed by atoms with Gasteiger partial charge in [0.2, 0.25) is 5.91 Å². The molecule has 0 spiro atoms. The van der Waals surface area contributed by atoms with Crippen molar-refractivity contribution in [2.24, 2.45) is 5.41 Å². The fourth-order valence-corrected chi connectivity index (χ4v) is 4.43. The number of thiazole rings is 1. The van der Waals surface area contributed by atoms with Gasteiger partial charge in [-0.3, -0.25) is 9.59 Å². The monoisotopic (exact) mass is 332 g/mol. The Balaban J connectivity index is 1.71. The Bertz CT molecular complexity index is 747. The Morgan fingerprint density at radius 3 is 2.74 bits per heavy atom. The predicted molar refractivity (Wildman–Crippen MR) is 90.8 cm³/mol. The fraction of sp³-hybridized carbons (Fsp3) is 0.471. The minimum absolute atomic E-state index is 0.0689. The van der Waals surface area contributed by atoms with Crippen molar-refractivity contribution in [2.75, 3.05) is 5.32 Å². The van der Waals surface area contributed by atoms with Crippen LogP contribution in [0.5, 0.6) is 0 Å². The van der Waals surface area contributed by atoms with E-state index in [1.165, 1.54) is 11.3 Å². The number of carbonyl (C=O) groups excluding carboxylic acids is 1. The first-order valence-corrected chi connectivity index (χ1v) is 8.66. The number of benzene rings is 1. The lowest BCUT2D eigenvalue weighted by Crippen LogP contribution is -2.27. The number of carbonyl (C=O) groups is 2. The molecule has 1 aliphatic rings. The number of carboxylic acids is 1. The van der Waals surface area contributed by atoms with Gasteiger partial charge in [-0.2, -0.15) is 0 Å². The number of nitrogens with zero attached hydrogens (tertiary/aromatic N) is 1. The van der Waals surface area contributed by atoms with Crippen LogP contribution in [0.2, 0.25) is 0 Å². The number of carboxylic acid groups (broad SMARTS) is 1. The highest BCUT2D eigenvalue weighted by Crippen LogP contribution is 2.44. The molecule has 0 saturated heterocycles. The summed E-state index contributed by atoms with van der Waals surface area (Å²) in [5, 5.41) is 12.6. The zero-order valence-electron chi connectivity index (χ0n) is 13.1. The second kappa shape index (κ2) is 6.28. The van der Waals surface area contributed by atoms with Gasteiger partial charge in [-0.15, -0.1) is 0 Å². The summed E-state index contributed by atoms with van der Waals surface area (Å²) in [4.78, 5) is 27.9. The molecule has 5 nitrogen and oxygen atoms in total. The number of aromatic nitrogens is 1. The van der Waals surface area contributed by atoms with Crippen LogP contribution in [-0.4, -0.2) is 22.0 Å². The van der Waals surface area contributed by atoms with Gasteiger partial charge >= 0.3 is 5.97 Å². The zero-order chi connectivity index (χ0) is 16.4. The summed E-state index contributed by atoms with van der Waals surface area (Å²) in [7, 11) is 0. The number of aryl methyl sites for hydroxylation is 1. The molecule has 1 aromatic heterocycles. The first-order chi connectivity index (χ1) is 11.0. The smallest absolute Gasteiger partial charge is 0.303 e. The lowest BCUT2D eigenvalue weighted by atomic mass is 9.79. The third kappa shape index (κ3) is 3.69. The predicted octanol–water partition coefficient (Wildman–Crippen LogP) is 3.97. The van der Waals surface area contributed by atoms with Crippen molar-refractivity contribution in [1.29, 1.82) is 0 Å². The van der Waals surface area contributed by atoms with Gasteiger partial charge in [-0.1, -0.05) is 30.2 Å². The molecule has 1 saturated carbocycles. The van der Waals surface area contributed by atoms with Crippen LogP contribution in [0.1, 0.15) is 44.1 Å². The average molecular weight is 332 g/mol. The van der Waals surface area contributed by atoms with Crippen molar-refractivity contribution < 1.29 is 14.7 Å². The average Bonchev–Trinajstić information content (AvgIpc) is 3.03. The molecule has 122 valence electrons. The summed E-state index contributed by atoms with van der Waals surface area (Å²) in [6.45, 7) is 2.02. The van der Waals surface area contributed by atoms with Gasteiger partial charge in [0.15, 0.2) is 5.13 Å². The summed E-state index contributed by atoms with van der Waals surface area (Å²) in [5.41, 5.74) is 1.64. The number of aliphatic carboxylic acids is 1. The van der Waals surface area contributed by atoms with Gasteiger partial charge in [-0.25, -0.2) is 4.98 Å². The Morgan fingerprint density at radius 2 is 2.04 bits per heavy atom. The van der Waals surface area contributed by atoms with Gasteiger partial charge in [-0.05, 0) is 42.9 Å². The molecule has 1 aliphatic carbocycles. The molecule has 0 unspecified atom stereocenters. The molecule has 0 atom stereocenters. The molecule has 23 heavy (non-hydrogen) atoms. The Labute approximate surface area is 138 Å². The standard InChI is InChI=1S/C17H20N2O3S/c1-11-4-5-12-13(8-11)23-16(18-12)19-14(20)9-17(10-15(21)22)6-2-3-7-17/h4-5,8H,2-3,6-7,9-10H2,1H3,(H,21,22)(H,18,19,20). The number of hydrogen-bond donors (Lipinski definition) is 2. The molecule has 1 fully saturated rings. The van der Waals surface area contributed by atoms with E-state index in [1.807, 2.05) is 25.1 Å². The highest BCUT2D eigenvalue weighted by atomic mass is 32.1. The Kier molecular flexibility index (Phi) is 4.35. The number of rotatable bonds is 5. The lowest BCUT2D eigenvalue weighted by molar-refractivity contribution is -0.140. The maximum absolute atomic E-state index is 12.4. The van der Waals surface area contributed by atoms with E-state index < -0.39 is 5.97 Å². The summed E-state index contributed by atoms with van der Waals surface area (Å²) in [5.74, 6) is -0.959. The van der Waals surface area contributed by atoms with Crippen molar-refractivity contribution in [3.63, 3.8) is 0 Å². The highest BCUT2D eigenvalue weighted by molar-refractivity contribution is 7.22. The zero-order valence-corrected chi connectivity index (χ0v) is 13.9. The molecule has 0 bridgehead atoms. The summed E-state index contributed by atoms with van der Waals surface area (Å²) < 4.78 is 1.04. The third-order valence-electron chi connectivity index (χ3n) is 4.52. The molecule has 1 amide bonds. The number of hydrogen-bond acceptors (Lipinski definition) is 4. The topological polar surface area (TPSA) is 79.3 Å². The molecule has 1 heterocycles. The number of fused-ring (bicyclic) bond motifs is 1. The summed E-state index contributed by atoms with van der Waals surface area (Å²) >= 11 is 1.45. The second-order valence-corrected chi connectivity index (χ2v) is 7.52. The first kappa shape index (κ1) is 15.9. The normalized spacial score (nSPS) is 16.6. The van der Waals surface area contributed by atoms with Crippen LogP contribution >= 0.6 is 11.3 Å². The largest absolute Gasteiger partial charge is 0.481 e. The van der Waals surface area contributed by atoms with Crippen molar-refractivity contribution in [3.8, 4) is 0 Å². The quantitative estimate of drug-likeness (QED) is 0.868. The molecule has 0 radical (unpaired) electrons. The van der Waals surface area contributed by atoms with E-state index in [0.29, 0.717) is 5.13 Å². The third-order valence-corrected chi connectivity index (χ3v) is 5.45. The Morgan fingerprint density at radius 1 is 1.30 bits per heavy atom. The number of anilines is 1. The van der Waals surface area contributed by atoms with Crippen LogP contribution in [-0.2, 0) is 9.59 Å². The van der Waals surface area contributed by atoms with Crippen molar-refractivity contribution >= 4 is 38.6 Å². The summed E-state index contributed by atoms with van der Waals surface area (Å²) in [6, 6.07) is 5.99. The Hall–Kier alpha value is -1.95. The SMILES string of the molecule is Cc1ccc2nc(NC(=O)CC3(CC(=O)O)CCCC3)sc2c1. The van der Waals surface area contributed by atoms with E-state index >= 15 is 0 Å². The molecular weight excluding hydrogens is 312 g/mol. The first-order valence-electron chi connectivity index (χ1n) is 7.85. The maximum atomic E-state index is 12.4. The van der Waals surface area contributed by atoms with Crippen LogP contribution in [0.25, 0.3) is 10.2 Å². The minimum atomic E-state index is -0.824. The van der Waals surface area contributed by atoms with Crippen LogP contribution in [0.4, 0.5) is 5.13 Å². The van der Waals surface area contributed by atoms with E-state index in [0.717, 1.165) is 41.5 Å². The van der Waals surface area contributed by atoms with E-state index in [1.54, 1.807) is 0 Å². The molecular formula is C17H20N2O3S. The van der Waals surface area contributed by atoms with Crippen molar-refractivity contribution in [1.82, 2.24) is 4.98 Å². The van der Waals surface area contributed by atoms with Crippen molar-refractivity contribution in [2.45, 2.75) is 45.4 Å². The molecule has 2 N–H and O–H groups in total. The number of nitrogens with one attached hydrogen (secondary N) is 1. The molecule has 3 rings (SSSR count). The van der Waals surface area contributed by atoms with Gasteiger partial charge < -0.3 is 10.4 Å². The van der Waals surface area contributed by atoms with Crippen LogP contribution < -0.4 is 5.32 Å². The molecule has 6 heteroatoms. The van der Waals surface area contributed by atoms with Crippen LogP contribution in [0, 0.1) is 12.3 Å². The maximum Gasteiger partial charge on any atom is 0.303 e. The fourth-order valence-electron chi connectivity index (χ4n) is 3.45. The lowest BCUT2D eigenvalue weighted by Gasteiger charge is -2.25. The molecule has 0 aliphatic heterocycles. The van der Waals surface area contributed by atoms with E-state index in [4.69, 9.17) is 5.11 Å². The van der Waals surface area contributed by atoms with E-state index in [-0.39, 0.29) is 24.2 Å². The van der Waals surface area contributed by atoms with Gasteiger partial charge in [0, 0.05) is 6.42 Å². The minimum Gasteiger partial charge on any atom is -0.481 e. The van der Waals surface area contributed by atoms with E-state index in [9.17, 15) is 9.59 Å². The van der Waals surface area contributed by atoms with Crippen LogP contribution in [0.3, 0.4) is 0 Å². The van der Waals surface area contributed by atoms with Gasteiger partial charge in [0.1, 0.15) is 0 Å². The number of amides is 1.